The zero-order valence-corrected chi connectivity index (χ0v) is 23.6. The highest BCUT2D eigenvalue weighted by molar-refractivity contribution is 6.17. The second kappa shape index (κ2) is 13.6. The van der Waals surface area contributed by atoms with E-state index in [4.69, 9.17) is 13.9 Å². The Morgan fingerprint density at radius 2 is 1.68 bits per heavy atom. The molecule has 8 nitrogen and oxygen atoms in total. The zero-order valence-electron chi connectivity index (χ0n) is 23.6. The number of hydrogen-bond acceptors (Lipinski definition) is 7. The zero-order chi connectivity index (χ0) is 28.6. The lowest BCUT2D eigenvalue weighted by atomic mass is 9.86. The van der Waals surface area contributed by atoms with Crippen LogP contribution >= 0.6 is 0 Å². The average Bonchev–Trinajstić information content (AvgIpc) is 3.35. The number of rotatable bonds is 13. The third kappa shape index (κ3) is 7.10. The van der Waals surface area contributed by atoms with E-state index in [-0.39, 0.29) is 29.8 Å². The number of carboxylic acid groups (broad SMARTS) is 1. The van der Waals surface area contributed by atoms with Crippen molar-refractivity contribution < 1.29 is 33.4 Å². The van der Waals surface area contributed by atoms with Crippen LogP contribution in [-0.4, -0.2) is 61.1 Å². The van der Waals surface area contributed by atoms with Crippen LogP contribution in [0.25, 0.3) is 11.0 Å². The second-order valence-corrected chi connectivity index (χ2v) is 10.6. The van der Waals surface area contributed by atoms with Crippen molar-refractivity contribution in [3.63, 3.8) is 0 Å². The number of ether oxygens (including phenoxy) is 2. The van der Waals surface area contributed by atoms with E-state index in [1.54, 1.807) is 24.3 Å². The van der Waals surface area contributed by atoms with Gasteiger partial charge >= 0.3 is 11.9 Å². The molecule has 0 spiro atoms. The minimum atomic E-state index is -1.10. The molecule has 1 aliphatic rings. The van der Waals surface area contributed by atoms with Crippen LogP contribution in [0.3, 0.4) is 0 Å². The molecule has 8 heteroatoms. The number of piperidine rings is 1. The molecule has 4 rings (SSSR count). The average molecular weight is 550 g/mol. The summed E-state index contributed by atoms with van der Waals surface area (Å²) in [6, 6.07) is 11.3. The summed E-state index contributed by atoms with van der Waals surface area (Å²) in [4.78, 5) is 39.5. The number of methoxy groups -OCH3 is 1. The first-order valence-corrected chi connectivity index (χ1v) is 14.2. The summed E-state index contributed by atoms with van der Waals surface area (Å²) in [5.41, 5.74) is 1.11. The van der Waals surface area contributed by atoms with Crippen molar-refractivity contribution in [2.75, 3.05) is 33.4 Å². The summed E-state index contributed by atoms with van der Waals surface area (Å²) in [7, 11) is 1.30. The van der Waals surface area contributed by atoms with Gasteiger partial charge in [-0.1, -0.05) is 26.7 Å². The van der Waals surface area contributed by atoms with Crippen LogP contribution in [0, 0.1) is 11.8 Å². The van der Waals surface area contributed by atoms with Gasteiger partial charge in [0.25, 0.3) is 0 Å². The van der Waals surface area contributed by atoms with Crippen LogP contribution < -0.4 is 4.74 Å². The van der Waals surface area contributed by atoms with Gasteiger partial charge in [-0.3, -0.25) is 9.59 Å². The van der Waals surface area contributed by atoms with E-state index in [0.29, 0.717) is 34.6 Å². The van der Waals surface area contributed by atoms with Crippen LogP contribution in [0.15, 0.2) is 46.9 Å². The molecule has 1 saturated heterocycles. The van der Waals surface area contributed by atoms with Gasteiger partial charge in [0, 0.05) is 37.0 Å². The Bertz CT molecular complexity index is 1320. The van der Waals surface area contributed by atoms with Gasteiger partial charge in [-0.25, -0.2) is 4.79 Å². The third-order valence-corrected chi connectivity index (χ3v) is 7.88. The number of benzene rings is 2. The standard InChI is InChI=1S/C32H39NO7/c1-4-21-17-22(5-2)20-33(19-21)15-6-16-39-25-10-7-23(8-11-25)31(35)30-26-18-24(32(36)37)9-12-27(26)40-28(30)13-14-29(34)38-3/h7-12,18,21-22H,4-6,13-17,19-20H2,1-3H3,(H,36,37)/t21-,22+. The molecule has 0 saturated carbocycles. The Morgan fingerprint density at radius 1 is 1.00 bits per heavy atom. The summed E-state index contributed by atoms with van der Waals surface area (Å²) in [5, 5.41) is 9.85. The molecule has 1 fully saturated rings. The molecule has 1 aromatic heterocycles. The molecule has 2 aromatic carbocycles. The van der Waals surface area contributed by atoms with Crippen LogP contribution in [-0.2, 0) is 16.0 Å². The number of nitrogens with zero attached hydrogens (tertiary/aromatic N) is 1. The number of fused-ring (bicyclic) bond motifs is 1. The first kappa shape index (κ1) is 29.3. The van der Waals surface area contributed by atoms with Crippen molar-refractivity contribution >= 4 is 28.7 Å². The lowest BCUT2D eigenvalue weighted by molar-refractivity contribution is -0.140. The monoisotopic (exact) mass is 549 g/mol. The van der Waals surface area contributed by atoms with Crippen molar-refractivity contribution in [2.45, 2.75) is 52.4 Å². The number of hydrogen-bond donors (Lipinski definition) is 1. The molecule has 2 atom stereocenters. The quantitative estimate of drug-likeness (QED) is 0.157. The molecule has 214 valence electrons. The van der Waals surface area contributed by atoms with Gasteiger partial charge in [0.05, 0.1) is 31.3 Å². The highest BCUT2D eigenvalue weighted by Gasteiger charge is 2.25. The van der Waals surface area contributed by atoms with Crippen molar-refractivity contribution in [3.05, 3.63) is 64.9 Å². The van der Waals surface area contributed by atoms with Crippen molar-refractivity contribution in [2.24, 2.45) is 11.8 Å². The number of aromatic carboxylic acids is 1. The van der Waals surface area contributed by atoms with Gasteiger partial charge in [-0.15, -0.1) is 0 Å². The second-order valence-electron chi connectivity index (χ2n) is 10.6. The van der Waals surface area contributed by atoms with Gasteiger partial charge in [-0.05, 0) is 67.1 Å². The highest BCUT2D eigenvalue weighted by Crippen LogP contribution is 2.31. The molecule has 3 aromatic rings. The Balaban J connectivity index is 1.43. The van der Waals surface area contributed by atoms with E-state index >= 15 is 0 Å². The van der Waals surface area contributed by atoms with Gasteiger partial charge in [-0.2, -0.15) is 0 Å². The van der Waals surface area contributed by atoms with Crippen LogP contribution in [0.1, 0.15) is 78.0 Å². The Labute approximate surface area is 235 Å². The maximum Gasteiger partial charge on any atom is 0.335 e. The Kier molecular flexibility index (Phi) is 9.98. The number of carboxylic acids is 1. The fourth-order valence-corrected chi connectivity index (χ4v) is 5.55. The molecule has 0 unspecified atom stereocenters. The number of likely N-dealkylation sites (tertiary alicyclic amines) is 1. The minimum absolute atomic E-state index is 0.0325. The molecule has 1 aliphatic heterocycles. The molecular formula is C32H39NO7. The molecular weight excluding hydrogens is 510 g/mol. The van der Waals surface area contributed by atoms with E-state index in [1.165, 1.54) is 57.7 Å². The fraction of sp³-hybridized carbons (Fsp3) is 0.469. The number of ketones is 1. The van der Waals surface area contributed by atoms with E-state index in [1.807, 2.05) is 0 Å². The summed E-state index contributed by atoms with van der Waals surface area (Å²) in [5.74, 6) is 0.735. The predicted octanol–water partition coefficient (Wildman–Crippen LogP) is 5.99. The molecule has 40 heavy (non-hydrogen) atoms. The number of esters is 1. The van der Waals surface area contributed by atoms with E-state index in [2.05, 4.69) is 18.7 Å². The first-order chi connectivity index (χ1) is 19.3. The molecule has 2 heterocycles. The Hall–Kier alpha value is -3.65. The van der Waals surface area contributed by atoms with Gasteiger partial charge in [0.15, 0.2) is 5.78 Å². The fourth-order valence-electron chi connectivity index (χ4n) is 5.55. The maximum absolute atomic E-state index is 13.6. The summed E-state index contributed by atoms with van der Waals surface area (Å²) < 4.78 is 16.6. The van der Waals surface area contributed by atoms with Gasteiger partial charge < -0.3 is 23.9 Å². The molecule has 0 aliphatic carbocycles. The van der Waals surface area contributed by atoms with Crippen LogP contribution in [0.2, 0.25) is 0 Å². The smallest absolute Gasteiger partial charge is 0.335 e. The van der Waals surface area contributed by atoms with Crippen molar-refractivity contribution in [1.82, 2.24) is 4.90 Å². The predicted molar refractivity (Wildman–Crippen MR) is 152 cm³/mol. The number of furan rings is 1. The molecule has 0 bridgehead atoms. The first-order valence-electron chi connectivity index (χ1n) is 14.2. The van der Waals surface area contributed by atoms with E-state index < -0.39 is 11.9 Å². The molecule has 1 N–H and O–H groups in total. The lowest BCUT2D eigenvalue weighted by Gasteiger charge is -2.37. The molecule has 0 amide bonds. The minimum Gasteiger partial charge on any atom is -0.494 e. The van der Waals surface area contributed by atoms with Crippen LogP contribution in [0.5, 0.6) is 5.75 Å². The van der Waals surface area contributed by atoms with E-state index in [9.17, 15) is 19.5 Å². The summed E-state index contributed by atoms with van der Waals surface area (Å²) >= 11 is 0. The highest BCUT2D eigenvalue weighted by atomic mass is 16.5. The number of carbonyl (C=O) groups excluding carboxylic acids is 2. The summed E-state index contributed by atoms with van der Waals surface area (Å²) in [6.45, 7) is 8.52. The molecule has 0 radical (unpaired) electrons. The van der Waals surface area contributed by atoms with Gasteiger partial charge in [0.2, 0.25) is 0 Å². The largest absolute Gasteiger partial charge is 0.494 e. The van der Waals surface area contributed by atoms with Crippen molar-refractivity contribution in [3.8, 4) is 5.75 Å². The van der Waals surface area contributed by atoms with Crippen molar-refractivity contribution in [1.29, 1.82) is 0 Å². The SMILES string of the molecule is CC[C@@H]1C[C@H](CC)CN(CCCOc2ccc(C(=O)c3c(CCC(=O)OC)oc4ccc(C(=O)O)cc34)cc2)C1. The topological polar surface area (TPSA) is 106 Å². The number of aryl methyl sites for hydroxylation is 1. The summed E-state index contributed by atoms with van der Waals surface area (Å²) in [6.07, 6.45) is 4.93. The lowest BCUT2D eigenvalue weighted by Crippen LogP contribution is -2.41. The maximum atomic E-state index is 13.6. The normalized spacial score (nSPS) is 17.6. The van der Waals surface area contributed by atoms with Gasteiger partial charge in [0.1, 0.15) is 17.1 Å². The Morgan fingerprint density at radius 3 is 2.30 bits per heavy atom. The third-order valence-electron chi connectivity index (χ3n) is 7.88. The van der Waals surface area contributed by atoms with E-state index in [0.717, 1.165) is 24.8 Å². The van der Waals surface area contributed by atoms with Crippen LogP contribution in [0.4, 0.5) is 0 Å². The number of carbonyl (C=O) groups is 3.